The average Bonchev–Trinajstić information content (AvgIpc) is 2.53. The second-order valence-corrected chi connectivity index (χ2v) is 6.21. The number of ether oxygens (including phenoxy) is 2. The summed E-state index contributed by atoms with van der Waals surface area (Å²) in [5.41, 5.74) is 0.747. The van der Waals surface area contributed by atoms with Crippen LogP contribution in [0.4, 0.5) is 0 Å². The summed E-state index contributed by atoms with van der Waals surface area (Å²) in [7, 11) is 0. The largest absolute Gasteiger partial charge is 0.465 e. The van der Waals surface area contributed by atoms with Crippen molar-refractivity contribution < 1.29 is 23.9 Å². The summed E-state index contributed by atoms with van der Waals surface area (Å²) in [6.07, 6.45) is 2.69. The van der Waals surface area contributed by atoms with E-state index in [0.717, 1.165) is 28.4 Å². The first-order valence-corrected chi connectivity index (χ1v) is 8.90. The SMILES string of the molecule is CCOC(=O)C(CCCNCC/C(I)=C(/C)C=O)C(=O)OCC. The van der Waals surface area contributed by atoms with Crippen LogP contribution in [0.2, 0.25) is 0 Å². The molecule has 1 N–H and O–H groups in total. The number of carbonyl (C=O) groups is 3. The van der Waals surface area contributed by atoms with E-state index in [1.54, 1.807) is 20.8 Å². The van der Waals surface area contributed by atoms with Crippen LogP contribution in [0.15, 0.2) is 9.15 Å². The molecule has 0 atom stereocenters. The summed E-state index contributed by atoms with van der Waals surface area (Å²) >= 11 is 2.16. The molecule has 132 valence electrons. The smallest absolute Gasteiger partial charge is 0.320 e. The fourth-order valence-electron chi connectivity index (χ4n) is 1.83. The van der Waals surface area contributed by atoms with Crippen molar-refractivity contribution in [2.24, 2.45) is 5.92 Å². The normalized spacial score (nSPS) is 11.9. The van der Waals surface area contributed by atoms with Crippen LogP contribution in [0.1, 0.15) is 40.0 Å². The van der Waals surface area contributed by atoms with E-state index in [4.69, 9.17) is 9.47 Å². The number of nitrogens with one attached hydrogen (secondary N) is 1. The van der Waals surface area contributed by atoms with E-state index in [2.05, 4.69) is 27.9 Å². The van der Waals surface area contributed by atoms with Gasteiger partial charge in [-0.2, -0.15) is 0 Å². The molecule has 0 aromatic heterocycles. The topological polar surface area (TPSA) is 81.7 Å². The van der Waals surface area contributed by atoms with Crippen molar-refractivity contribution in [3.63, 3.8) is 0 Å². The van der Waals surface area contributed by atoms with E-state index >= 15 is 0 Å². The Balaban J connectivity index is 4.15. The summed E-state index contributed by atoms with van der Waals surface area (Å²) < 4.78 is 10.9. The Hall–Kier alpha value is -0.960. The standard InChI is InChI=1S/C16H26INO5/c1-4-22-15(20)13(16(21)23-5-2)7-6-9-18-10-8-14(17)12(3)11-19/h11,13,18H,4-10H2,1-3H3/b14-12+. The highest BCUT2D eigenvalue weighted by molar-refractivity contribution is 14.1. The van der Waals surface area contributed by atoms with Gasteiger partial charge in [0.25, 0.3) is 0 Å². The van der Waals surface area contributed by atoms with E-state index < -0.39 is 17.9 Å². The molecule has 0 aliphatic carbocycles. The third-order valence-electron chi connectivity index (χ3n) is 3.11. The highest BCUT2D eigenvalue weighted by atomic mass is 127. The van der Waals surface area contributed by atoms with Crippen molar-refractivity contribution in [2.75, 3.05) is 26.3 Å². The number of carbonyl (C=O) groups excluding carboxylic acids is 3. The number of hydrogen-bond acceptors (Lipinski definition) is 6. The number of halogens is 1. The summed E-state index contributed by atoms with van der Waals surface area (Å²) in [5.74, 6) is -1.90. The quantitative estimate of drug-likeness (QED) is 0.126. The molecule has 0 heterocycles. The van der Waals surface area contributed by atoms with Crippen LogP contribution in [0.5, 0.6) is 0 Å². The Labute approximate surface area is 151 Å². The Kier molecular flexibility index (Phi) is 12.9. The molecule has 0 aliphatic rings. The van der Waals surface area contributed by atoms with Gasteiger partial charge < -0.3 is 14.8 Å². The monoisotopic (exact) mass is 439 g/mol. The van der Waals surface area contributed by atoms with Gasteiger partial charge in [0.1, 0.15) is 6.29 Å². The second-order valence-electron chi connectivity index (χ2n) is 4.90. The Morgan fingerprint density at radius 1 is 1.13 bits per heavy atom. The molecule has 6 nitrogen and oxygen atoms in total. The van der Waals surface area contributed by atoms with Crippen LogP contribution < -0.4 is 5.32 Å². The minimum atomic E-state index is -0.853. The van der Waals surface area contributed by atoms with Gasteiger partial charge in [0, 0.05) is 0 Å². The first kappa shape index (κ1) is 22.0. The third-order valence-corrected chi connectivity index (χ3v) is 4.50. The lowest BCUT2D eigenvalue weighted by Crippen LogP contribution is -2.29. The van der Waals surface area contributed by atoms with E-state index in [1.807, 2.05) is 0 Å². The van der Waals surface area contributed by atoms with Crippen molar-refractivity contribution in [1.82, 2.24) is 5.32 Å². The molecule has 0 bridgehead atoms. The van der Waals surface area contributed by atoms with Gasteiger partial charge in [-0.1, -0.05) is 0 Å². The highest BCUT2D eigenvalue weighted by Crippen LogP contribution is 2.15. The lowest BCUT2D eigenvalue weighted by Gasteiger charge is -2.14. The minimum absolute atomic E-state index is 0.244. The number of aldehydes is 1. The van der Waals surface area contributed by atoms with Crippen LogP contribution in [0, 0.1) is 5.92 Å². The van der Waals surface area contributed by atoms with Gasteiger partial charge in [-0.25, -0.2) is 0 Å². The number of hydrogen-bond donors (Lipinski definition) is 1. The summed E-state index contributed by atoms with van der Waals surface area (Å²) in [5, 5.41) is 3.23. The van der Waals surface area contributed by atoms with Gasteiger partial charge in [0.15, 0.2) is 5.92 Å². The summed E-state index contributed by atoms with van der Waals surface area (Å²) in [6.45, 7) is 7.11. The minimum Gasteiger partial charge on any atom is -0.465 e. The van der Waals surface area contributed by atoms with Crippen molar-refractivity contribution >= 4 is 40.8 Å². The maximum atomic E-state index is 11.8. The first-order valence-electron chi connectivity index (χ1n) is 7.82. The lowest BCUT2D eigenvalue weighted by atomic mass is 10.0. The number of allylic oxidation sites excluding steroid dienone is 1. The van der Waals surface area contributed by atoms with Crippen LogP contribution in [-0.4, -0.2) is 44.5 Å². The van der Waals surface area contributed by atoms with Crippen LogP contribution >= 0.6 is 22.6 Å². The Morgan fingerprint density at radius 3 is 2.17 bits per heavy atom. The fraction of sp³-hybridized carbons (Fsp3) is 0.688. The third kappa shape index (κ3) is 9.70. The number of esters is 2. The Morgan fingerprint density at radius 2 is 1.70 bits per heavy atom. The molecule has 0 fully saturated rings. The molecule has 0 aliphatic heterocycles. The van der Waals surface area contributed by atoms with Gasteiger partial charge in [0.2, 0.25) is 0 Å². The molecule has 0 saturated heterocycles. The zero-order valence-electron chi connectivity index (χ0n) is 14.0. The van der Waals surface area contributed by atoms with Gasteiger partial charge in [-0.05, 0) is 84.9 Å². The highest BCUT2D eigenvalue weighted by Gasteiger charge is 2.28. The molecule has 0 aromatic carbocycles. The molecule has 0 spiro atoms. The van der Waals surface area contributed by atoms with Crippen LogP contribution in [0.25, 0.3) is 0 Å². The molecule has 0 rings (SSSR count). The zero-order chi connectivity index (χ0) is 17.7. The summed E-state index contributed by atoms with van der Waals surface area (Å²) in [4.78, 5) is 34.2. The van der Waals surface area contributed by atoms with E-state index in [-0.39, 0.29) is 13.2 Å². The first-order chi connectivity index (χ1) is 11.0. The molecule has 7 heteroatoms. The molecule has 0 saturated carbocycles. The number of rotatable bonds is 12. The van der Waals surface area contributed by atoms with Gasteiger partial charge in [0.05, 0.1) is 13.2 Å². The predicted octanol–water partition coefficient (Wildman–Crippen LogP) is 2.40. The summed E-state index contributed by atoms with van der Waals surface area (Å²) in [6, 6.07) is 0. The molecule has 23 heavy (non-hydrogen) atoms. The van der Waals surface area contributed by atoms with Crippen LogP contribution in [0.3, 0.4) is 0 Å². The predicted molar refractivity (Wildman–Crippen MR) is 96.3 cm³/mol. The Bertz CT molecular complexity index is 405. The molecule has 0 radical (unpaired) electrons. The van der Waals surface area contributed by atoms with E-state index in [1.165, 1.54) is 0 Å². The molecule has 0 unspecified atom stereocenters. The second kappa shape index (κ2) is 13.5. The average molecular weight is 439 g/mol. The van der Waals surface area contributed by atoms with E-state index in [9.17, 15) is 14.4 Å². The zero-order valence-corrected chi connectivity index (χ0v) is 16.2. The van der Waals surface area contributed by atoms with Crippen molar-refractivity contribution in [2.45, 2.75) is 40.0 Å². The van der Waals surface area contributed by atoms with Gasteiger partial charge >= 0.3 is 11.9 Å². The molecule has 0 amide bonds. The van der Waals surface area contributed by atoms with Crippen molar-refractivity contribution in [3.05, 3.63) is 9.15 Å². The maximum Gasteiger partial charge on any atom is 0.320 e. The fourth-order valence-corrected chi connectivity index (χ4v) is 2.23. The van der Waals surface area contributed by atoms with Gasteiger partial charge in [-0.3, -0.25) is 14.4 Å². The molecular weight excluding hydrogens is 413 g/mol. The lowest BCUT2D eigenvalue weighted by molar-refractivity contribution is -0.161. The van der Waals surface area contributed by atoms with E-state index in [0.29, 0.717) is 19.4 Å². The molecule has 0 aromatic rings. The molecular formula is C16H26INO5. The maximum absolute atomic E-state index is 11.8. The van der Waals surface area contributed by atoms with Crippen molar-refractivity contribution in [1.29, 1.82) is 0 Å². The van der Waals surface area contributed by atoms with Crippen LogP contribution in [-0.2, 0) is 23.9 Å². The van der Waals surface area contributed by atoms with Gasteiger partial charge in [-0.15, -0.1) is 0 Å². The van der Waals surface area contributed by atoms with Crippen molar-refractivity contribution in [3.8, 4) is 0 Å².